The van der Waals surface area contributed by atoms with Gasteiger partial charge in [-0.15, -0.1) is 0 Å². The van der Waals surface area contributed by atoms with Crippen molar-refractivity contribution in [3.63, 3.8) is 0 Å². The van der Waals surface area contributed by atoms with Crippen molar-refractivity contribution < 1.29 is 19.4 Å². The Morgan fingerprint density at radius 1 is 1.55 bits per heavy atom. The Balaban J connectivity index is 2.17. The number of ether oxygens (including phenoxy) is 2. The van der Waals surface area contributed by atoms with Crippen LogP contribution in [0, 0.1) is 5.92 Å². The van der Waals surface area contributed by atoms with Gasteiger partial charge in [0.2, 0.25) is 0 Å². The summed E-state index contributed by atoms with van der Waals surface area (Å²) in [6, 6.07) is 5.68. The number of carboxylic acids is 1. The topological polar surface area (TPSA) is 55.8 Å². The molecule has 0 bridgehead atoms. The molecule has 5 heteroatoms. The first-order valence-corrected chi connectivity index (χ1v) is 7.90. The van der Waals surface area contributed by atoms with Crippen LogP contribution in [-0.4, -0.2) is 35.8 Å². The maximum absolute atomic E-state index is 11.0. The van der Waals surface area contributed by atoms with Crippen LogP contribution in [0.4, 0.5) is 0 Å². The van der Waals surface area contributed by atoms with E-state index in [1.807, 2.05) is 30.0 Å². The second-order valence-electron chi connectivity index (χ2n) is 5.00. The fourth-order valence-corrected chi connectivity index (χ4v) is 3.34. The van der Waals surface area contributed by atoms with Gasteiger partial charge in [-0.05, 0) is 30.2 Å². The molecule has 1 aromatic rings. The molecule has 1 aliphatic rings. The monoisotopic (exact) mass is 296 g/mol. The number of hydrogen-bond donors (Lipinski definition) is 1. The van der Waals surface area contributed by atoms with Gasteiger partial charge in [0.25, 0.3) is 0 Å². The Bertz CT molecular complexity index is 469. The zero-order chi connectivity index (χ0) is 14.5. The smallest absolute Gasteiger partial charge is 0.306 e. The molecule has 1 aliphatic heterocycles. The summed E-state index contributed by atoms with van der Waals surface area (Å²) in [5.74, 6) is 2.26. The van der Waals surface area contributed by atoms with Gasteiger partial charge in [0, 0.05) is 5.75 Å². The zero-order valence-corrected chi connectivity index (χ0v) is 12.6. The molecule has 0 amide bonds. The van der Waals surface area contributed by atoms with Gasteiger partial charge in [-0.3, -0.25) is 4.79 Å². The molecular formula is C15H20O4S. The van der Waals surface area contributed by atoms with Gasteiger partial charge in [-0.25, -0.2) is 0 Å². The van der Waals surface area contributed by atoms with E-state index in [4.69, 9.17) is 14.6 Å². The average Bonchev–Trinajstić information content (AvgIpc) is 2.92. The quantitative estimate of drug-likeness (QED) is 0.875. The first-order valence-electron chi connectivity index (χ1n) is 6.75. The highest BCUT2D eigenvalue weighted by atomic mass is 32.2. The van der Waals surface area contributed by atoms with E-state index >= 15 is 0 Å². The van der Waals surface area contributed by atoms with Gasteiger partial charge in [0.1, 0.15) is 6.10 Å². The van der Waals surface area contributed by atoms with E-state index in [1.165, 1.54) is 0 Å². The SMILES string of the molecule is COc1c(CC(C)C(=O)O)cccc1OC1CCSC1. The van der Waals surface area contributed by atoms with Crippen LogP contribution in [0.5, 0.6) is 11.5 Å². The van der Waals surface area contributed by atoms with E-state index in [0.717, 1.165) is 29.2 Å². The summed E-state index contributed by atoms with van der Waals surface area (Å²) >= 11 is 1.89. The fraction of sp³-hybridized carbons (Fsp3) is 0.533. The van der Waals surface area contributed by atoms with E-state index in [-0.39, 0.29) is 6.10 Å². The molecule has 1 heterocycles. The van der Waals surface area contributed by atoms with E-state index in [1.54, 1.807) is 14.0 Å². The molecule has 2 unspecified atom stereocenters. The maximum atomic E-state index is 11.0. The molecule has 0 aromatic heterocycles. The van der Waals surface area contributed by atoms with Crippen LogP contribution >= 0.6 is 11.8 Å². The molecule has 0 aliphatic carbocycles. The van der Waals surface area contributed by atoms with Crippen molar-refractivity contribution in [2.45, 2.75) is 25.9 Å². The minimum atomic E-state index is -0.800. The van der Waals surface area contributed by atoms with Gasteiger partial charge in [0.15, 0.2) is 11.5 Å². The lowest BCUT2D eigenvalue weighted by Gasteiger charge is -2.18. The van der Waals surface area contributed by atoms with E-state index in [2.05, 4.69) is 0 Å². The molecule has 2 rings (SSSR count). The summed E-state index contributed by atoms with van der Waals surface area (Å²) in [6.07, 6.45) is 1.71. The first-order chi connectivity index (χ1) is 9.61. The van der Waals surface area contributed by atoms with Gasteiger partial charge >= 0.3 is 5.97 Å². The Morgan fingerprint density at radius 3 is 2.95 bits per heavy atom. The number of para-hydroxylation sites is 1. The molecule has 4 nitrogen and oxygen atoms in total. The molecule has 2 atom stereocenters. The summed E-state index contributed by atoms with van der Waals surface area (Å²) in [6.45, 7) is 1.70. The van der Waals surface area contributed by atoms with Crippen molar-refractivity contribution in [3.8, 4) is 11.5 Å². The number of rotatable bonds is 6. The Kier molecular flexibility index (Phi) is 5.17. The van der Waals surface area contributed by atoms with Crippen LogP contribution in [0.1, 0.15) is 18.9 Å². The fourth-order valence-electron chi connectivity index (χ4n) is 2.25. The van der Waals surface area contributed by atoms with Crippen LogP contribution in [0.2, 0.25) is 0 Å². The average molecular weight is 296 g/mol. The van der Waals surface area contributed by atoms with Crippen molar-refractivity contribution in [3.05, 3.63) is 23.8 Å². The standard InChI is InChI=1S/C15H20O4S/c1-10(15(16)17)8-11-4-3-5-13(14(11)18-2)19-12-6-7-20-9-12/h3-5,10,12H,6-9H2,1-2H3,(H,16,17). The lowest BCUT2D eigenvalue weighted by atomic mass is 10.00. The van der Waals surface area contributed by atoms with Crippen molar-refractivity contribution in [2.75, 3.05) is 18.6 Å². The highest BCUT2D eigenvalue weighted by Gasteiger charge is 2.21. The lowest BCUT2D eigenvalue weighted by molar-refractivity contribution is -0.141. The highest BCUT2D eigenvalue weighted by molar-refractivity contribution is 7.99. The third kappa shape index (κ3) is 3.60. The third-order valence-electron chi connectivity index (χ3n) is 3.39. The minimum absolute atomic E-state index is 0.223. The number of carbonyl (C=O) groups is 1. The predicted molar refractivity (Wildman–Crippen MR) is 79.9 cm³/mol. The first kappa shape index (κ1) is 15.0. The molecular weight excluding hydrogens is 276 g/mol. The Labute approximate surface area is 123 Å². The number of hydrogen-bond acceptors (Lipinski definition) is 4. The van der Waals surface area contributed by atoms with E-state index in [0.29, 0.717) is 12.2 Å². The third-order valence-corrected chi connectivity index (χ3v) is 4.53. The van der Waals surface area contributed by atoms with E-state index < -0.39 is 11.9 Å². The molecule has 1 fully saturated rings. The van der Waals surface area contributed by atoms with Gasteiger partial charge in [-0.1, -0.05) is 19.1 Å². The number of thioether (sulfide) groups is 1. The molecule has 0 radical (unpaired) electrons. The number of benzene rings is 1. The Hall–Kier alpha value is -1.36. The van der Waals surface area contributed by atoms with E-state index in [9.17, 15) is 4.79 Å². The summed E-state index contributed by atoms with van der Waals surface area (Å²) in [5, 5.41) is 9.03. The summed E-state index contributed by atoms with van der Waals surface area (Å²) in [5.41, 5.74) is 0.880. The summed E-state index contributed by atoms with van der Waals surface area (Å²) in [4.78, 5) is 11.0. The van der Waals surface area contributed by atoms with Crippen molar-refractivity contribution >= 4 is 17.7 Å². The van der Waals surface area contributed by atoms with Gasteiger partial charge in [0.05, 0.1) is 13.0 Å². The number of carboxylic acid groups (broad SMARTS) is 1. The normalized spacial score (nSPS) is 19.6. The van der Waals surface area contributed by atoms with Crippen molar-refractivity contribution in [1.82, 2.24) is 0 Å². The second kappa shape index (κ2) is 6.88. The largest absolute Gasteiger partial charge is 0.493 e. The molecule has 20 heavy (non-hydrogen) atoms. The predicted octanol–water partition coefficient (Wildman–Crippen LogP) is 2.84. The van der Waals surface area contributed by atoms with Crippen LogP contribution < -0.4 is 9.47 Å². The summed E-state index contributed by atoms with van der Waals surface area (Å²) in [7, 11) is 1.60. The molecule has 0 spiro atoms. The number of methoxy groups -OCH3 is 1. The molecule has 0 saturated carbocycles. The van der Waals surface area contributed by atoms with Gasteiger partial charge < -0.3 is 14.6 Å². The zero-order valence-electron chi connectivity index (χ0n) is 11.8. The second-order valence-corrected chi connectivity index (χ2v) is 6.15. The number of aliphatic carboxylic acids is 1. The van der Waals surface area contributed by atoms with Crippen LogP contribution in [-0.2, 0) is 11.2 Å². The van der Waals surface area contributed by atoms with Crippen LogP contribution in [0.3, 0.4) is 0 Å². The Morgan fingerprint density at radius 2 is 2.35 bits per heavy atom. The lowest BCUT2D eigenvalue weighted by Crippen LogP contribution is -2.16. The summed E-state index contributed by atoms with van der Waals surface area (Å²) < 4.78 is 11.4. The van der Waals surface area contributed by atoms with Crippen molar-refractivity contribution in [2.24, 2.45) is 5.92 Å². The maximum Gasteiger partial charge on any atom is 0.306 e. The van der Waals surface area contributed by atoms with Crippen molar-refractivity contribution in [1.29, 1.82) is 0 Å². The van der Waals surface area contributed by atoms with Crippen LogP contribution in [0.15, 0.2) is 18.2 Å². The molecule has 1 saturated heterocycles. The molecule has 1 N–H and O–H groups in total. The minimum Gasteiger partial charge on any atom is -0.493 e. The molecule has 110 valence electrons. The van der Waals surface area contributed by atoms with Crippen LogP contribution in [0.25, 0.3) is 0 Å². The van der Waals surface area contributed by atoms with Gasteiger partial charge in [-0.2, -0.15) is 11.8 Å². The highest BCUT2D eigenvalue weighted by Crippen LogP contribution is 2.35. The molecule has 1 aromatic carbocycles.